The van der Waals surface area contributed by atoms with Gasteiger partial charge in [0.25, 0.3) is 0 Å². The minimum absolute atomic E-state index is 0.399. The number of aliphatic hydroxyl groups excluding tert-OH is 1. The predicted octanol–water partition coefficient (Wildman–Crippen LogP) is 4.25. The minimum atomic E-state index is -0.399. The van der Waals surface area contributed by atoms with Crippen molar-refractivity contribution in [3.8, 4) is 0 Å². The van der Waals surface area contributed by atoms with Gasteiger partial charge in [-0.2, -0.15) is 0 Å². The smallest absolute Gasteiger partial charge is 0.0704 e. The third-order valence-electron chi connectivity index (χ3n) is 3.64. The Hall–Kier alpha value is -1.39. The molecule has 0 aliphatic rings. The van der Waals surface area contributed by atoms with Crippen molar-refractivity contribution in [1.82, 2.24) is 5.32 Å². The van der Waals surface area contributed by atoms with Crippen LogP contribution in [0.25, 0.3) is 10.1 Å². The summed E-state index contributed by atoms with van der Waals surface area (Å²) < 4.78 is 1.32. The lowest BCUT2D eigenvalue weighted by Gasteiger charge is -2.12. The molecule has 0 saturated carbocycles. The van der Waals surface area contributed by atoms with Crippen molar-refractivity contribution in [3.05, 3.63) is 70.1 Å². The molecule has 0 saturated heterocycles. The standard InChI is InChI=1S/C18H18ClNOS/c19-16-6-4-13(5-7-16)10-17(21)12-20-11-15-3-1-2-14-8-9-22-18(14)15/h1-9,17,20-21H,10-12H2. The van der Waals surface area contributed by atoms with E-state index in [4.69, 9.17) is 11.6 Å². The zero-order valence-corrected chi connectivity index (χ0v) is 13.7. The molecule has 0 amide bonds. The first-order valence-corrected chi connectivity index (χ1v) is 8.56. The normalized spacial score (nSPS) is 12.6. The lowest BCUT2D eigenvalue weighted by atomic mass is 10.1. The van der Waals surface area contributed by atoms with Gasteiger partial charge < -0.3 is 10.4 Å². The van der Waals surface area contributed by atoms with Gasteiger partial charge in [-0.1, -0.05) is 41.9 Å². The molecule has 0 aliphatic carbocycles. The van der Waals surface area contributed by atoms with Crippen molar-refractivity contribution >= 4 is 33.0 Å². The van der Waals surface area contributed by atoms with E-state index >= 15 is 0 Å². The topological polar surface area (TPSA) is 32.3 Å². The molecule has 0 bridgehead atoms. The molecule has 3 aromatic rings. The summed E-state index contributed by atoms with van der Waals surface area (Å²) in [5, 5.41) is 17.6. The molecule has 1 aromatic heterocycles. The van der Waals surface area contributed by atoms with Crippen LogP contribution >= 0.6 is 22.9 Å². The van der Waals surface area contributed by atoms with Crippen LogP contribution in [0.4, 0.5) is 0 Å². The largest absolute Gasteiger partial charge is 0.391 e. The third-order valence-corrected chi connectivity index (χ3v) is 4.90. The van der Waals surface area contributed by atoms with Crippen molar-refractivity contribution in [1.29, 1.82) is 0 Å². The third kappa shape index (κ3) is 3.87. The van der Waals surface area contributed by atoms with Gasteiger partial charge >= 0.3 is 0 Å². The van der Waals surface area contributed by atoms with Crippen LogP contribution in [-0.4, -0.2) is 17.8 Å². The van der Waals surface area contributed by atoms with E-state index in [1.165, 1.54) is 15.6 Å². The Morgan fingerprint density at radius 1 is 1.09 bits per heavy atom. The van der Waals surface area contributed by atoms with E-state index in [9.17, 15) is 5.11 Å². The maximum Gasteiger partial charge on any atom is 0.0704 e. The maximum absolute atomic E-state index is 10.1. The highest BCUT2D eigenvalue weighted by atomic mass is 35.5. The average molecular weight is 332 g/mol. The van der Waals surface area contributed by atoms with Crippen LogP contribution in [0.2, 0.25) is 5.02 Å². The fraction of sp³-hybridized carbons (Fsp3) is 0.222. The number of fused-ring (bicyclic) bond motifs is 1. The number of hydrogen-bond donors (Lipinski definition) is 2. The highest BCUT2D eigenvalue weighted by Gasteiger charge is 2.07. The second kappa shape index (κ2) is 7.25. The van der Waals surface area contributed by atoms with Crippen LogP contribution in [0.5, 0.6) is 0 Å². The van der Waals surface area contributed by atoms with E-state index in [1.807, 2.05) is 24.3 Å². The second-order valence-corrected chi connectivity index (χ2v) is 6.72. The van der Waals surface area contributed by atoms with Gasteiger partial charge in [0.1, 0.15) is 0 Å². The van der Waals surface area contributed by atoms with Gasteiger partial charge in [0, 0.05) is 22.8 Å². The molecule has 0 aliphatic heterocycles. The Labute approximate surface area is 139 Å². The summed E-state index contributed by atoms with van der Waals surface area (Å²) in [4.78, 5) is 0. The van der Waals surface area contributed by atoms with Crippen LogP contribution < -0.4 is 5.32 Å². The quantitative estimate of drug-likeness (QED) is 0.707. The molecule has 3 rings (SSSR count). The molecule has 1 atom stereocenters. The van der Waals surface area contributed by atoms with Crippen molar-refractivity contribution < 1.29 is 5.11 Å². The molecule has 2 nitrogen and oxygen atoms in total. The molecule has 0 fully saturated rings. The molecule has 4 heteroatoms. The van der Waals surface area contributed by atoms with Crippen molar-refractivity contribution in [2.75, 3.05) is 6.54 Å². The number of hydrogen-bond acceptors (Lipinski definition) is 3. The number of halogens is 1. The van der Waals surface area contributed by atoms with Crippen LogP contribution in [-0.2, 0) is 13.0 Å². The van der Waals surface area contributed by atoms with Gasteiger partial charge in [-0.05, 0) is 46.5 Å². The first-order chi connectivity index (χ1) is 10.7. The number of thiophene rings is 1. The summed E-state index contributed by atoms with van der Waals surface area (Å²) in [5.41, 5.74) is 2.38. The van der Waals surface area contributed by atoms with Crippen LogP contribution in [0.1, 0.15) is 11.1 Å². The molecule has 0 spiro atoms. The Morgan fingerprint density at radius 2 is 1.91 bits per heavy atom. The van der Waals surface area contributed by atoms with Gasteiger partial charge in [0.05, 0.1) is 6.10 Å². The van der Waals surface area contributed by atoms with Crippen molar-refractivity contribution in [2.24, 2.45) is 0 Å². The molecule has 1 unspecified atom stereocenters. The van der Waals surface area contributed by atoms with E-state index in [-0.39, 0.29) is 0 Å². The summed E-state index contributed by atoms with van der Waals surface area (Å²) in [7, 11) is 0. The SMILES string of the molecule is OC(CNCc1cccc2ccsc12)Cc1ccc(Cl)cc1. The highest BCUT2D eigenvalue weighted by Crippen LogP contribution is 2.24. The van der Waals surface area contributed by atoms with E-state index < -0.39 is 6.10 Å². The Balaban J connectivity index is 1.52. The zero-order valence-electron chi connectivity index (χ0n) is 12.1. The molecule has 0 radical (unpaired) electrons. The van der Waals surface area contributed by atoms with Crippen LogP contribution in [0.15, 0.2) is 53.9 Å². The molecule has 2 N–H and O–H groups in total. The summed E-state index contributed by atoms with van der Waals surface area (Å²) >= 11 is 7.63. The highest BCUT2D eigenvalue weighted by molar-refractivity contribution is 7.17. The van der Waals surface area contributed by atoms with E-state index in [1.54, 1.807) is 11.3 Å². The van der Waals surface area contributed by atoms with Crippen LogP contribution in [0.3, 0.4) is 0 Å². The van der Waals surface area contributed by atoms with Crippen molar-refractivity contribution in [2.45, 2.75) is 19.1 Å². The fourth-order valence-electron chi connectivity index (χ4n) is 2.53. The van der Waals surface area contributed by atoms with Gasteiger partial charge in [-0.25, -0.2) is 0 Å². The lowest BCUT2D eigenvalue weighted by molar-refractivity contribution is 0.171. The fourth-order valence-corrected chi connectivity index (χ4v) is 3.57. The molecular formula is C18H18ClNOS. The molecule has 114 valence electrons. The van der Waals surface area contributed by atoms with E-state index in [0.29, 0.717) is 13.0 Å². The monoisotopic (exact) mass is 331 g/mol. The zero-order chi connectivity index (χ0) is 15.4. The Morgan fingerprint density at radius 3 is 2.73 bits per heavy atom. The molecule has 22 heavy (non-hydrogen) atoms. The first-order valence-electron chi connectivity index (χ1n) is 7.31. The summed E-state index contributed by atoms with van der Waals surface area (Å²) in [6.45, 7) is 1.35. The van der Waals surface area contributed by atoms with E-state index in [2.05, 4.69) is 35.0 Å². The summed E-state index contributed by atoms with van der Waals surface area (Å²) in [5.74, 6) is 0. The Kier molecular flexibility index (Phi) is 5.11. The molecular weight excluding hydrogens is 314 g/mol. The van der Waals surface area contributed by atoms with Gasteiger partial charge in [-0.15, -0.1) is 11.3 Å². The molecule has 2 aromatic carbocycles. The predicted molar refractivity (Wildman–Crippen MR) is 94.7 cm³/mol. The van der Waals surface area contributed by atoms with Crippen molar-refractivity contribution in [3.63, 3.8) is 0 Å². The minimum Gasteiger partial charge on any atom is -0.391 e. The van der Waals surface area contributed by atoms with Gasteiger partial charge in [0.15, 0.2) is 0 Å². The number of nitrogens with one attached hydrogen (secondary N) is 1. The summed E-state index contributed by atoms with van der Waals surface area (Å²) in [6, 6.07) is 16.1. The Bertz CT molecular complexity index is 738. The van der Waals surface area contributed by atoms with Gasteiger partial charge in [-0.3, -0.25) is 0 Å². The number of benzene rings is 2. The molecule has 1 heterocycles. The van der Waals surface area contributed by atoms with Gasteiger partial charge in [0.2, 0.25) is 0 Å². The number of rotatable bonds is 6. The maximum atomic E-state index is 10.1. The summed E-state index contributed by atoms with van der Waals surface area (Å²) in [6.07, 6.45) is 0.233. The average Bonchev–Trinajstić information content (AvgIpc) is 2.99. The second-order valence-electron chi connectivity index (χ2n) is 5.37. The van der Waals surface area contributed by atoms with E-state index in [0.717, 1.165) is 17.1 Å². The van der Waals surface area contributed by atoms with Crippen LogP contribution in [0, 0.1) is 0 Å². The number of aliphatic hydroxyl groups is 1. The lowest BCUT2D eigenvalue weighted by Crippen LogP contribution is -2.28. The first kappa shape index (κ1) is 15.5.